The van der Waals surface area contributed by atoms with E-state index in [1.54, 1.807) is 11.3 Å². The first-order valence-electron chi connectivity index (χ1n) is 6.02. The minimum Gasteiger partial charge on any atom is -0.324 e. The second-order valence-corrected chi connectivity index (χ2v) is 5.49. The van der Waals surface area contributed by atoms with Crippen LogP contribution in [0.25, 0.3) is 0 Å². The van der Waals surface area contributed by atoms with Gasteiger partial charge < -0.3 is 5.73 Å². The number of thiophene rings is 1. The van der Waals surface area contributed by atoms with Crippen molar-refractivity contribution in [1.29, 1.82) is 0 Å². The van der Waals surface area contributed by atoms with E-state index in [1.807, 2.05) is 17.5 Å². The van der Waals surface area contributed by atoms with Crippen molar-refractivity contribution in [2.24, 2.45) is 5.73 Å². The van der Waals surface area contributed by atoms with E-state index in [-0.39, 0.29) is 5.56 Å². The Labute approximate surface area is 118 Å². The smallest absolute Gasteiger partial charge is 0.324 e. The number of alkyl halides is 3. The van der Waals surface area contributed by atoms with Gasteiger partial charge >= 0.3 is 6.18 Å². The molecule has 0 spiro atoms. The molecule has 0 bridgehead atoms. The molecule has 6 heteroatoms. The summed E-state index contributed by atoms with van der Waals surface area (Å²) in [5.74, 6) is -0.698. The topological polar surface area (TPSA) is 26.0 Å². The molecule has 0 saturated heterocycles. The first-order chi connectivity index (χ1) is 9.38. The normalized spacial score (nSPS) is 13.4. The summed E-state index contributed by atoms with van der Waals surface area (Å²) in [5, 5.41) is 1.91. The van der Waals surface area contributed by atoms with E-state index in [4.69, 9.17) is 5.73 Å². The molecule has 0 saturated carbocycles. The van der Waals surface area contributed by atoms with Crippen molar-refractivity contribution in [3.05, 3.63) is 57.5 Å². The zero-order chi connectivity index (χ0) is 14.8. The van der Waals surface area contributed by atoms with Gasteiger partial charge in [0.15, 0.2) is 0 Å². The molecule has 20 heavy (non-hydrogen) atoms. The number of aryl methyl sites for hydroxylation is 1. The van der Waals surface area contributed by atoms with Gasteiger partial charge in [-0.25, -0.2) is 4.39 Å². The van der Waals surface area contributed by atoms with Crippen molar-refractivity contribution in [2.45, 2.75) is 25.1 Å². The maximum atomic E-state index is 13.6. The van der Waals surface area contributed by atoms with E-state index in [2.05, 4.69) is 0 Å². The molecule has 0 aliphatic heterocycles. The van der Waals surface area contributed by atoms with Crippen LogP contribution in [0, 0.1) is 5.82 Å². The summed E-state index contributed by atoms with van der Waals surface area (Å²) in [7, 11) is 0. The summed E-state index contributed by atoms with van der Waals surface area (Å²) >= 11 is 1.54. The van der Waals surface area contributed by atoms with Crippen molar-refractivity contribution >= 4 is 11.3 Å². The molecule has 1 atom stereocenters. The quantitative estimate of drug-likeness (QED) is 0.825. The van der Waals surface area contributed by atoms with Crippen LogP contribution in [0.1, 0.15) is 28.5 Å². The Morgan fingerprint density at radius 2 is 1.95 bits per heavy atom. The summed E-state index contributed by atoms with van der Waals surface area (Å²) in [6.07, 6.45) is -3.47. The van der Waals surface area contributed by atoms with E-state index >= 15 is 0 Å². The monoisotopic (exact) mass is 303 g/mol. The molecule has 1 aromatic carbocycles. The molecule has 2 aromatic rings. The molecule has 0 aliphatic rings. The third-order valence-corrected chi connectivity index (χ3v) is 3.94. The van der Waals surface area contributed by atoms with Gasteiger partial charge in [0.05, 0.1) is 5.56 Å². The third-order valence-electron chi connectivity index (χ3n) is 3.00. The van der Waals surface area contributed by atoms with E-state index in [0.717, 1.165) is 23.1 Å². The fraction of sp³-hybridized carbons (Fsp3) is 0.286. The SMILES string of the molecule is NC(CCc1cccs1)c1cc(C(F)(F)F)ccc1F. The number of rotatable bonds is 4. The van der Waals surface area contributed by atoms with Crippen LogP contribution in [-0.2, 0) is 12.6 Å². The predicted octanol–water partition coefficient (Wildman–Crippen LogP) is 4.54. The summed E-state index contributed by atoms with van der Waals surface area (Å²) in [4.78, 5) is 1.08. The largest absolute Gasteiger partial charge is 0.416 e. The van der Waals surface area contributed by atoms with Crippen LogP contribution in [0.5, 0.6) is 0 Å². The summed E-state index contributed by atoms with van der Waals surface area (Å²) in [6.45, 7) is 0. The zero-order valence-corrected chi connectivity index (χ0v) is 11.3. The van der Waals surface area contributed by atoms with Gasteiger partial charge in [0.1, 0.15) is 5.82 Å². The average Bonchev–Trinajstić information content (AvgIpc) is 2.88. The van der Waals surface area contributed by atoms with E-state index in [9.17, 15) is 17.6 Å². The van der Waals surface area contributed by atoms with E-state index in [0.29, 0.717) is 12.8 Å². The molecular weight excluding hydrogens is 290 g/mol. The minimum atomic E-state index is -4.49. The van der Waals surface area contributed by atoms with Crippen LogP contribution in [0.4, 0.5) is 17.6 Å². The average molecular weight is 303 g/mol. The van der Waals surface area contributed by atoms with Crippen LogP contribution >= 0.6 is 11.3 Å². The van der Waals surface area contributed by atoms with Crippen molar-refractivity contribution in [1.82, 2.24) is 0 Å². The Morgan fingerprint density at radius 1 is 1.20 bits per heavy atom. The second-order valence-electron chi connectivity index (χ2n) is 4.46. The maximum Gasteiger partial charge on any atom is 0.416 e. The highest BCUT2D eigenvalue weighted by Gasteiger charge is 2.31. The van der Waals surface area contributed by atoms with Gasteiger partial charge in [0, 0.05) is 16.5 Å². The van der Waals surface area contributed by atoms with Crippen LogP contribution < -0.4 is 5.73 Å². The molecule has 0 aliphatic carbocycles. The molecule has 1 aromatic heterocycles. The van der Waals surface area contributed by atoms with Crippen molar-refractivity contribution in [3.63, 3.8) is 0 Å². The lowest BCUT2D eigenvalue weighted by atomic mass is 9.99. The molecule has 1 heterocycles. The Bertz CT molecular complexity index is 563. The van der Waals surface area contributed by atoms with Gasteiger partial charge in [-0.05, 0) is 42.5 Å². The molecule has 2 rings (SSSR count). The fourth-order valence-electron chi connectivity index (χ4n) is 1.91. The van der Waals surface area contributed by atoms with Gasteiger partial charge in [-0.3, -0.25) is 0 Å². The van der Waals surface area contributed by atoms with E-state index < -0.39 is 23.6 Å². The molecule has 108 valence electrons. The molecule has 1 nitrogen and oxygen atoms in total. The van der Waals surface area contributed by atoms with E-state index in [1.165, 1.54) is 0 Å². The van der Waals surface area contributed by atoms with Gasteiger partial charge in [0.25, 0.3) is 0 Å². The second kappa shape index (κ2) is 5.93. The molecule has 0 radical (unpaired) electrons. The molecule has 1 unspecified atom stereocenters. The molecule has 2 N–H and O–H groups in total. The van der Waals surface area contributed by atoms with Gasteiger partial charge in [-0.2, -0.15) is 13.2 Å². The molecule has 0 amide bonds. The maximum absolute atomic E-state index is 13.6. The van der Waals surface area contributed by atoms with Gasteiger partial charge in [-0.15, -0.1) is 11.3 Å². The Hall–Kier alpha value is -1.40. The number of nitrogens with two attached hydrogens (primary N) is 1. The van der Waals surface area contributed by atoms with Gasteiger partial charge in [-0.1, -0.05) is 6.07 Å². The van der Waals surface area contributed by atoms with Crippen molar-refractivity contribution < 1.29 is 17.6 Å². The summed E-state index contributed by atoms with van der Waals surface area (Å²) in [5.41, 5.74) is 4.86. The Balaban J connectivity index is 2.14. The lowest BCUT2D eigenvalue weighted by Crippen LogP contribution is -2.15. The standard InChI is InChI=1S/C14H13F4NS/c15-12-5-3-9(14(16,17)18)8-11(12)13(19)6-4-10-2-1-7-20-10/h1-3,5,7-8,13H,4,6,19H2. The lowest BCUT2D eigenvalue weighted by molar-refractivity contribution is -0.137. The number of hydrogen-bond donors (Lipinski definition) is 1. The minimum absolute atomic E-state index is 0.0867. The number of benzene rings is 1. The first kappa shape index (κ1) is 15.0. The van der Waals surface area contributed by atoms with Crippen LogP contribution in [0.3, 0.4) is 0 Å². The molecular formula is C14H13F4NS. The first-order valence-corrected chi connectivity index (χ1v) is 6.90. The summed E-state index contributed by atoms with van der Waals surface area (Å²) < 4.78 is 51.5. The number of halogens is 4. The number of hydrogen-bond acceptors (Lipinski definition) is 2. The van der Waals surface area contributed by atoms with Crippen LogP contribution in [0.2, 0.25) is 0 Å². The summed E-state index contributed by atoms with van der Waals surface area (Å²) in [6, 6.07) is 5.40. The van der Waals surface area contributed by atoms with Crippen molar-refractivity contribution in [2.75, 3.05) is 0 Å². The fourth-order valence-corrected chi connectivity index (χ4v) is 2.64. The highest BCUT2D eigenvalue weighted by atomic mass is 32.1. The van der Waals surface area contributed by atoms with Crippen LogP contribution in [0.15, 0.2) is 35.7 Å². The Kier molecular flexibility index (Phi) is 4.45. The van der Waals surface area contributed by atoms with Gasteiger partial charge in [0.2, 0.25) is 0 Å². The third kappa shape index (κ3) is 3.58. The Morgan fingerprint density at radius 3 is 2.55 bits per heavy atom. The van der Waals surface area contributed by atoms with Crippen LogP contribution in [-0.4, -0.2) is 0 Å². The lowest BCUT2D eigenvalue weighted by Gasteiger charge is -2.15. The zero-order valence-electron chi connectivity index (χ0n) is 10.5. The van der Waals surface area contributed by atoms with Crippen molar-refractivity contribution in [3.8, 4) is 0 Å². The highest BCUT2D eigenvalue weighted by Crippen LogP contribution is 2.32. The highest BCUT2D eigenvalue weighted by molar-refractivity contribution is 7.09. The predicted molar refractivity (Wildman–Crippen MR) is 71.0 cm³/mol. The molecule has 0 fully saturated rings.